The Labute approximate surface area is 167 Å². The molecular formula is C21H20N4O2S. The van der Waals surface area contributed by atoms with Crippen LogP contribution in [0.15, 0.2) is 59.8 Å². The second kappa shape index (κ2) is 8.75. The number of nitrogens with one attached hydrogen (secondary N) is 2. The van der Waals surface area contributed by atoms with Gasteiger partial charge in [-0.25, -0.2) is 4.98 Å². The van der Waals surface area contributed by atoms with Gasteiger partial charge < -0.3 is 10.1 Å². The second-order valence-electron chi connectivity index (χ2n) is 6.33. The Hall–Kier alpha value is -3.06. The molecule has 0 bridgehead atoms. The van der Waals surface area contributed by atoms with E-state index in [0.29, 0.717) is 17.6 Å². The molecule has 0 saturated heterocycles. The number of carbonyl (C=O) groups excluding carboxylic acids is 1. The molecule has 0 saturated carbocycles. The summed E-state index contributed by atoms with van der Waals surface area (Å²) in [6.45, 7) is 0.604. The van der Waals surface area contributed by atoms with Crippen LogP contribution in [0.3, 0.4) is 0 Å². The minimum absolute atomic E-state index is 0.0189. The summed E-state index contributed by atoms with van der Waals surface area (Å²) in [7, 11) is 0. The SMILES string of the molecule is O=C(CSc1n[nH]c(/C=C/c2ccccc2)n1)NC1CCOc2ccccc21. The fourth-order valence-electron chi connectivity index (χ4n) is 2.99. The topological polar surface area (TPSA) is 79.9 Å². The first-order chi connectivity index (χ1) is 13.8. The number of fused-ring (bicyclic) bond motifs is 1. The first kappa shape index (κ1) is 18.3. The van der Waals surface area contributed by atoms with Gasteiger partial charge in [0.2, 0.25) is 11.1 Å². The highest BCUT2D eigenvalue weighted by atomic mass is 32.2. The summed E-state index contributed by atoms with van der Waals surface area (Å²) >= 11 is 1.31. The molecule has 2 aromatic carbocycles. The van der Waals surface area contributed by atoms with Crippen molar-refractivity contribution in [1.29, 1.82) is 0 Å². The monoisotopic (exact) mass is 392 g/mol. The number of thioether (sulfide) groups is 1. The van der Waals surface area contributed by atoms with Crippen LogP contribution in [-0.2, 0) is 4.79 Å². The molecule has 2 heterocycles. The third-order valence-electron chi connectivity index (χ3n) is 4.34. The van der Waals surface area contributed by atoms with E-state index in [2.05, 4.69) is 20.5 Å². The van der Waals surface area contributed by atoms with Crippen LogP contribution in [0.2, 0.25) is 0 Å². The molecule has 0 fully saturated rings. The van der Waals surface area contributed by atoms with Crippen LogP contribution in [0.1, 0.15) is 29.4 Å². The lowest BCUT2D eigenvalue weighted by molar-refractivity contribution is -0.119. The molecule has 1 aromatic heterocycles. The van der Waals surface area contributed by atoms with Gasteiger partial charge in [0.15, 0.2) is 0 Å². The number of nitrogens with zero attached hydrogens (tertiary/aromatic N) is 2. The van der Waals surface area contributed by atoms with Gasteiger partial charge in [-0.1, -0.05) is 66.4 Å². The molecule has 4 rings (SSSR count). The fourth-order valence-corrected chi connectivity index (χ4v) is 3.61. The van der Waals surface area contributed by atoms with Crippen molar-refractivity contribution in [3.8, 4) is 5.75 Å². The third-order valence-corrected chi connectivity index (χ3v) is 5.19. The van der Waals surface area contributed by atoms with Gasteiger partial charge in [-0.05, 0) is 17.7 Å². The van der Waals surface area contributed by atoms with E-state index < -0.39 is 0 Å². The maximum absolute atomic E-state index is 12.4. The lowest BCUT2D eigenvalue weighted by atomic mass is 10.0. The first-order valence-electron chi connectivity index (χ1n) is 9.07. The zero-order valence-electron chi connectivity index (χ0n) is 15.2. The Balaban J connectivity index is 1.30. The molecule has 1 atom stereocenters. The third kappa shape index (κ3) is 4.61. The van der Waals surface area contributed by atoms with Crippen molar-refractivity contribution in [3.63, 3.8) is 0 Å². The van der Waals surface area contributed by atoms with Crippen molar-refractivity contribution in [3.05, 3.63) is 71.5 Å². The molecule has 2 N–H and O–H groups in total. The number of aromatic amines is 1. The van der Waals surface area contributed by atoms with E-state index in [9.17, 15) is 4.79 Å². The summed E-state index contributed by atoms with van der Waals surface area (Å²) < 4.78 is 5.64. The first-order valence-corrected chi connectivity index (χ1v) is 10.1. The van der Waals surface area contributed by atoms with E-state index in [0.717, 1.165) is 23.3 Å². The van der Waals surface area contributed by atoms with E-state index >= 15 is 0 Å². The molecule has 1 amide bonds. The van der Waals surface area contributed by atoms with Gasteiger partial charge >= 0.3 is 0 Å². The van der Waals surface area contributed by atoms with Gasteiger partial charge in [-0.3, -0.25) is 9.89 Å². The summed E-state index contributed by atoms with van der Waals surface area (Å²) in [5, 5.41) is 10.7. The second-order valence-corrected chi connectivity index (χ2v) is 7.27. The number of hydrogen-bond donors (Lipinski definition) is 2. The quantitative estimate of drug-likeness (QED) is 0.625. The molecule has 0 aliphatic carbocycles. The molecular weight excluding hydrogens is 372 g/mol. The number of rotatable bonds is 6. The van der Waals surface area contributed by atoms with Crippen LogP contribution in [-0.4, -0.2) is 33.4 Å². The fraction of sp³-hybridized carbons (Fsp3) is 0.190. The van der Waals surface area contributed by atoms with Crippen LogP contribution in [0.5, 0.6) is 5.75 Å². The largest absolute Gasteiger partial charge is 0.493 e. The van der Waals surface area contributed by atoms with Crippen molar-refractivity contribution < 1.29 is 9.53 Å². The number of aromatic nitrogens is 3. The average molecular weight is 392 g/mol. The Bertz CT molecular complexity index is 971. The Morgan fingerprint density at radius 1 is 1.18 bits per heavy atom. The van der Waals surface area contributed by atoms with Crippen LogP contribution >= 0.6 is 11.8 Å². The number of amides is 1. The smallest absolute Gasteiger partial charge is 0.230 e. The number of hydrogen-bond acceptors (Lipinski definition) is 5. The minimum Gasteiger partial charge on any atom is -0.493 e. The van der Waals surface area contributed by atoms with Gasteiger partial charge in [-0.15, -0.1) is 5.10 Å². The van der Waals surface area contributed by atoms with E-state index in [1.54, 1.807) is 0 Å². The number of H-pyrrole nitrogens is 1. The summed E-state index contributed by atoms with van der Waals surface area (Å²) in [6.07, 6.45) is 4.60. The summed E-state index contributed by atoms with van der Waals surface area (Å²) in [4.78, 5) is 16.7. The molecule has 7 heteroatoms. The lowest BCUT2D eigenvalue weighted by Gasteiger charge is -2.26. The summed E-state index contributed by atoms with van der Waals surface area (Å²) in [6, 6.07) is 17.8. The minimum atomic E-state index is -0.0436. The molecule has 1 aliphatic heterocycles. The van der Waals surface area contributed by atoms with E-state index in [4.69, 9.17) is 4.74 Å². The number of ether oxygens (including phenoxy) is 1. The van der Waals surface area contributed by atoms with Crippen molar-refractivity contribution >= 4 is 29.8 Å². The van der Waals surface area contributed by atoms with Crippen LogP contribution < -0.4 is 10.1 Å². The van der Waals surface area contributed by atoms with Crippen LogP contribution in [0.4, 0.5) is 0 Å². The van der Waals surface area contributed by atoms with Crippen molar-refractivity contribution in [2.24, 2.45) is 0 Å². The molecule has 142 valence electrons. The predicted molar refractivity (Wildman–Crippen MR) is 110 cm³/mol. The molecule has 0 spiro atoms. The van der Waals surface area contributed by atoms with E-state index in [1.807, 2.05) is 66.7 Å². The number of para-hydroxylation sites is 1. The zero-order chi connectivity index (χ0) is 19.2. The van der Waals surface area contributed by atoms with Gasteiger partial charge in [0.1, 0.15) is 11.6 Å². The molecule has 6 nitrogen and oxygen atoms in total. The number of benzene rings is 2. The highest BCUT2D eigenvalue weighted by Crippen LogP contribution is 2.31. The highest BCUT2D eigenvalue weighted by molar-refractivity contribution is 7.99. The van der Waals surface area contributed by atoms with Crippen molar-refractivity contribution in [2.75, 3.05) is 12.4 Å². The summed E-state index contributed by atoms with van der Waals surface area (Å²) in [5.41, 5.74) is 2.11. The average Bonchev–Trinajstić information content (AvgIpc) is 3.20. The normalized spacial score (nSPS) is 15.8. The van der Waals surface area contributed by atoms with Crippen LogP contribution in [0.25, 0.3) is 12.2 Å². The zero-order valence-corrected chi connectivity index (χ0v) is 16.0. The maximum atomic E-state index is 12.4. The Morgan fingerprint density at radius 3 is 2.89 bits per heavy atom. The van der Waals surface area contributed by atoms with Gasteiger partial charge in [0.05, 0.1) is 18.4 Å². The Kier molecular flexibility index (Phi) is 5.72. The van der Waals surface area contributed by atoms with Crippen LogP contribution in [0, 0.1) is 0 Å². The van der Waals surface area contributed by atoms with Crippen molar-refractivity contribution in [2.45, 2.75) is 17.6 Å². The Morgan fingerprint density at radius 2 is 2.00 bits per heavy atom. The molecule has 28 heavy (non-hydrogen) atoms. The molecule has 1 unspecified atom stereocenters. The van der Waals surface area contributed by atoms with Gasteiger partial charge in [0.25, 0.3) is 0 Å². The molecule has 0 radical (unpaired) electrons. The highest BCUT2D eigenvalue weighted by Gasteiger charge is 2.22. The predicted octanol–water partition coefficient (Wildman–Crippen LogP) is 3.71. The van der Waals surface area contributed by atoms with E-state index in [-0.39, 0.29) is 17.7 Å². The number of carbonyl (C=O) groups is 1. The summed E-state index contributed by atoms with van der Waals surface area (Å²) in [5.74, 6) is 1.72. The van der Waals surface area contributed by atoms with Crippen molar-refractivity contribution in [1.82, 2.24) is 20.5 Å². The molecule has 1 aliphatic rings. The maximum Gasteiger partial charge on any atom is 0.230 e. The standard InChI is InChI=1S/C21H20N4O2S/c26-20(22-17-12-13-27-18-9-5-4-8-16(17)18)14-28-21-23-19(24-25-21)11-10-15-6-2-1-3-7-15/h1-11,17H,12-14H2,(H,22,26)(H,23,24,25)/b11-10+. The van der Waals surface area contributed by atoms with Gasteiger partial charge in [-0.2, -0.15) is 0 Å². The van der Waals surface area contributed by atoms with E-state index in [1.165, 1.54) is 11.8 Å². The van der Waals surface area contributed by atoms with Gasteiger partial charge in [0, 0.05) is 12.0 Å². The lowest BCUT2D eigenvalue weighted by Crippen LogP contribution is -2.33. The molecule has 3 aromatic rings.